The number of nitrogens with one attached hydrogen (secondary N) is 2. The summed E-state index contributed by atoms with van der Waals surface area (Å²) in [5, 5.41) is 12.6. The molecule has 3 N–H and O–H groups in total. The van der Waals surface area contributed by atoms with E-state index in [4.69, 9.17) is 9.47 Å². The zero-order valence-electron chi connectivity index (χ0n) is 31.5. The summed E-state index contributed by atoms with van der Waals surface area (Å²) in [5.41, 5.74) is 9.37. The summed E-state index contributed by atoms with van der Waals surface area (Å²) in [6, 6.07) is 39.9. The normalized spacial score (nSPS) is 19.2. The van der Waals surface area contributed by atoms with Gasteiger partial charge in [0.2, 0.25) is 0 Å². The molecule has 1 amide bonds. The standard InChI is InChI=1S/C46H44N6O5/c53-29-30-12-14-33(15-13-30)43-25-37(28-51-22-20-36(21-23-51)52-42-11-4-3-10-40(42)50-46(52)55)56-45(57-43)34-18-16-32(17-19-34)35-7-5-6-31(24-35)26-48-44(54)41-27-47-38-8-1-2-9-39(38)49-41/h1-19,24,27,36-37,43,45,53H,20-23,25-26,28-29H2,(H,48,54)(H,50,55)/t37-,43+,45+/m0/s1. The van der Waals surface area contributed by atoms with Crippen molar-refractivity contribution in [2.75, 3.05) is 19.6 Å². The molecule has 0 saturated carbocycles. The first kappa shape index (κ1) is 36.6. The Morgan fingerprint density at radius 2 is 1.56 bits per heavy atom. The summed E-state index contributed by atoms with van der Waals surface area (Å²) in [4.78, 5) is 40.1. The zero-order chi connectivity index (χ0) is 38.7. The summed E-state index contributed by atoms with van der Waals surface area (Å²) in [6.07, 6.45) is 3.14. The van der Waals surface area contributed by atoms with Crippen LogP contribution in [0.2, 0.25) is 0 Å². The number of aliphatic hydroxyl groups excluding tert-OH is 1. The van der Waals surface area contributed by atoms with Crippen molar-refractivity contribution in [3.05, 3.63) is 166 Å². The molecule has 2 saturated heterocycles. The minimum atomic E-state index is -0.567. The summed E-state index contributed by atoms with van der Waals surface area (Å²) in [5.74, 6) is -0.275. The molecule has 9 rings (SSSR count). The molecule has 5 aromatic carbocycles. The van der Waals surface area contributed by atoms with E-state index in [-0.39, 0.29) is 42.1 Å². The maximum Gasteiger partial charge on any atom is 0.326 e. The Bertz CT molecular complexity index is 2560. The average molecular weight is 761 g/mol. The zero-order valence-corrected chi connectivity index (χ0v) is 31.5. The van der Waals surface area contributed by atoms with Gasteiger partial charge in [0.1, 0.15) is 5.69 Å². The fraction of sp³-hybridized carbons (Fsp3) is 0.261. The van der Waals surface area contributed by atoms with E-state index in [1.54, 1.807) is 0 Å². The van der Waals surface area contributed by atoms with Crippen LogP contribution < -0.4 is 11.0 Å². The number of aromatic amines is 1. The SMILES string of the molecule is O=C(NCc1cccc(-c2ccc([C@@H]3O[C@H](CN4CCC(n5c(=O)[nH]c6ccccc65)CC4)C[C@H](c4ccc(CO)cc4)O3)cc2)c1)c1cnc2ccccc2n1. The van der Waals surface area contributed by atoms with Gasteiger partial charge in [-0.05, 0) is 71.0 Å². The number of carbonyl (C=O) groups excluding carboxylic acids is 1. The van der Waals surface area contributed by atoms with E-state index in [1.807, 2.05) is 89.5 Å². The second-order valence-corrected chi connectivity index (χ2v) is 14.9. The lowest BCUT2D eigenvalue weighted by Gasteiger charge is -2.40. The quantitative estimate of drug-likeness (QED) is 0.133. The van der Waals surface area contributed by atoms with Crippen LogP contribution in [0.15, 0.2) is 132 Å². The lowest BCUT2D eigenvalue weighted by atomic mass is 9.98. The topological polar surface area (TPSA) is 135 Å². The van der Waals surface area contributed by atoms with Gasteiger partial charge in [-0.2, -0.15) is 0 Å². The Balaban J connectivity index is 0.872. The smallest absolute Gasteiger partial charge is 0.326 e. The van der Waals surface area contributed by atoms with Gasteiger partial charge in [-0.3, -0.25) is 14.3 Å². The maximum atomic E-state index is 12.9. The first-order valence-corrected chi connectivity index (χ1v) is 19.6. The van der Waals surface area contributed by atoms with Gasteiger partial charge in [-0.15, -0.1) is 0 Å². The van der Waals surface area contributed by atoms with E-state index in [0.29, 0.717) is 18.5 Å². The third-order valence-electron chi connectivity index (χ3n) is 11.2. The van der Waals surface area contributed by atoms with Crippen LogP contribution >= 0.6 is 0 Å². The molecule has 2 fully saturated rings. The van der Waals surface area contributed by atoms with Crippen molar-refractivity contribution < 1.29 is 19.4 Å². The van der Waals surface area contributed by atoms with Crippen molar-refractivity contribution in [3.63, 3.8) is 0 Å². The predicted octanol–water partition coefficient (Wildman–Crippen LogP) is 7.24. The number of imidazole rings is 1. The molecule has 0 spiro atoms. The summed E-state index contributed by atoms with van der Waals surface area (Å²) in [7, 11) is 0. The number of carbonyl (C=O) groups is 1. The molecule has 3 atom stereocenters. The highest BCUT2D eigenvalue weighted by Crippen LogP contribution is 2.39. The molecule has 2 aromatic heterocycles. The Morgan fingerprint density at radius 3 is 2.37 bits per heavy atom. The van der Waals surface area contributed by atoms with Crippen LogP contribution in [-0.2, 0) is 22.6 Å². The number of nitrogens with zero attached hydrogens (tertiary/aromatic N) is 4. The number of aliphatic hydroxyl groups is 1. The van der Waals surface area contributed by atoms with Gasteiger partial charge in [0, 0.05) is 44.2 Å². The second-order valence-electron chi connectivity index (χ2n) is 14.9. The monoisotopic (exact) mass is 760 g/mol. The van der Waals surface area contributed by atoms with Gasteiger partial charge in [0.25, 0.3) is 5.91 Å². The highest BCUT2D eigenvalue weighted by molar-refractivity contribution is 5.93. The summed E-state index contributed by atoms with van der Waals surface area (Å²) in [6.45, 7) is 2.84. The molecule has 11 heteroatoms. The van der Waals surface area contributed by atoms with E-state index in [1.165, 1.54) is 6.20 Å². The molecule has 0 radical (unpaired) electrons. The van der Waals surface area contributed by atoms with Crippen LogP contribution in [0, 0.1) is 0 Å². The van der Waals surface area contributed by atoms with Crippen molar-refractivity contribution in [3.8, 4) is 11.1 Å². The average Bonchev–Trinajstić information content (AvgIpc) is 3.61. The molecular weight excluding hydrogens is 717 g/mol. The maximum absolute atomic E-state index is 12.9. The van der Waals surface area contributed by atoms with Crippen LogP contribution in [0.3, 0.4) is 0 Å². The Morgan fingerprint density at radius 1 is 0.807 bits per heavy atom. The van der Waals surface area contributed by atoms with E-state index < -0.39 is 6.29 Å². The van der Waals surface area contributed by atoms with Crippen LogP contribution in [0.4, 0.5) is 0 Å². The first-order chi connectivity index (χ1) is 28.0. The third kappa shape index (κ3) is 8.01. The first-order valence-electron chi connectivity index (χ1n) is 19.6. The van der Waals surface area contributed by atoms with E-state index in [2.05, 4.69) is 61.6 Å². The Kier molecular flexibility index (Phi) is 10.4. The van der Waals surface area contributed by atoms with E-state index in [9.17, 15) is 14.7 Å². The van der Waals surface area contributed by atoms with Gasteiger partial charge in [0.15, 0.2) is 6.29 Å². The number of fused-ring (bicyclic) bond motifs is 2. The molecule has 57 heavy (non-hydrogen) atoms. The number of aromatic nitrogens is 4. The lowest BCUT2D eigenvalue weighted by molar-refractivity contribution is -0.253. The van der Waals surface area contributed by atoms with Gasteiger partial charge in [-0.25, -0.2) is 9.78 Å². The van der Waals surface area contributed by atoms with Crippen LogP contribution in [0.5, 0.6) is 0 Å². The second kappa shape index (κ2) is 16.2. The molecule has 0 aliphatic carbocycles. The number of H-pyrrole nitrogens is 1. The molecular formula is C46H44N6O5. The fourth-order valence-electron chi connectivity index (χ4n) is 8.15. The number of benzene rings is 5. The number of piperidine rings is 1. The van der Waals surface area contributed by atoms with Crippen molar-refractivity contribution in [2.45, 2.75) is 57.0 Å². The minimum absolute atomic E-state index is 0.00873. The predicted molar refractivity (Wildman–Crippen MR) is 218 cm³/mol. The summed E-state index contributed by atoms with van der Waals surface area (Å²) < 4.78 is 15.3. The van der Waals surface area contributed by atoms with Gasteiger partial charge < -0.3 is 29.8 Å². The van der Waals surface area contributed by atoms with Gasteiger partial charge in [-0.1, -0.05) is 91.0 Å². The van der Waals surface area contributed by atoms with Crippen molar-refractivity contribution >= 4 is 28.0 Å². The van der Waals surface area contributed by atoms with E-state index in [0.717, 1.165) is 82.4 Å². The third-order valence-corrected chi connectivity index (χ3v) is 11.2. The number of hydrogen-bond acceptors (Lipinski definition) is 8. The number of hydrogen-bond donors (Lipinski definition) is 3. The molecule has 2 aliphatic heterocycles. The largest absolute Gasteiger partial charge is 0.392 e. The van der Waals surface area contributed by atoms with Crippen molar-refractivity contribution in [1.82, 2.24) is 29.7 Å². The number of para-hydroxylation sites is 4. The number of likely N-dealkylation sites (tertiary alicyclic amines) is 1. The number of amides is 1. The molecule has 288 valence electrons. The summed E-state index contributed by atoms with van der Waals surface area (Å²) >= 11 is 0. The Hall–Kier alpha value is -5.98. The van der Waals surface area contributed by atoms with Crippen LogP contribution in [0.1, 0.15) is 70.4 Å². The van der Waals surface area contributed by atoms with Gasteiger partial charge in [0.05, 0.1) is 47.1 Å². The Labute approximate surface area is 329 Å². The molecule has 0 unspecified atom stereocenters. The van der Waals surface area contributed by atoms with Crippen LogP contribution in [-0.4, -0.2) is 61.2 Å². The highest BCUT2D eigenvalue weighted by atomic mass is 16.7. The lowest BCUT2D eigenvalue weighted by Crippen LogP contribution is -2.43. The molecule has 4 heterocycles. The van der Waals surface area contributed by atoms with Crippen molar-refractivity contribution in [1.29, 1.82) is 0 Å². The minimum Gasteiger partial charge on any atom is -0.392 e. The molecule has 11 nitrogen and oxygen atoms in total. The molecule has 0 bridgehead atoms. The number of rotatable bonds is 10. The highest BCUT2D eigenvalue weighted by Gasteiger charge is 2.34. The number of ether oxygens (including phenoxy) is 2. The molecule has 2 aliphatic rings. The van der Waals surface area contributed by atoms with E-state index >= 15 is 0 Å². The van der Waals surface area contributed by atoms with Gasteiger partial charge >= 0.3 is 5.69 Å². The van der Waals surface area contributed by atoms with Crippen LogP contribution in [0.25, 0.3) is 33.2 Å². The fourth-order valence-corrected chi connectivity index (χ4v) is 8.15. The molecule has 7 aromatic rings. The van der Waals surface area contributed by atoms with Crippen molar-refractivity contribution in [2.24, 2.45) is 0 Å².